The number of carbonyl (C=O) groups is 2. The smallest absolute Gasteiger partial charge is 0.321 e. The van der Waals surface area contributed by atoms with Crippen LogP contribution in [0.25, 0.3) is 0 Å². The van der Waals surface area contributed by atoms with Crippen LogP contribution in [-0.2, 0) is 9.59 Å². The molecule has 1 aliphatic heterocycles. The van der Waals surface area contributed by atoms with E-state index in [1.165, 1.54) is 0 Å². The largest absolute Gasteiger partial charge is 0.480 e. The number of aliphatic carboxylic acids is 1. The van der Waals surface area contributed by atoms with E-state index in [1.54, 1.807) is 6.92 Å². The Balaban J connectivity index is 2.68. The van der Waals surface area contributed by atoms with Crippen molar-refractivity contribution in [3.8, 4) is 0 Å². The van der Waals surface area contributed by atoms with Gasteiger partial charge in [-0.15, -0.1) is 0 Å². The molecule has 0 saturated carbocycles. The summed E-state index contributed by atoms with van der Waals surface area (Å²) < 4.78 is 0. The molecule has 5 heteroatoms. The minimum absolute atomic E-state index is 0.0611. The number of carboxylic acid groups (broad SMARTS) is 1. The molecule has 0 aromatic carbocycles. The molecule has 0 aliphatic carbocycles. The highest BCUT2D eigenvalue weighted by Gasteiger charge is 2.41. The molecule has 3 unspecified atom stereocenters. The fourth-order valence-electron chi connectivity index (χ4n) is 2.76. The molecule has 3 atom stereocenters. The lowest BCUT2D eigenvalue weighted by Gasteiger charge is -2.29. The molecule has 1 rings (SSSR count). The van der Waals surface area contributed by atoms with Crippen molar-refractivity contribution in [2.24, 2.45) is 5.92 Å². The summed E-state index contributed by atoms with van der Waals surface area (Å²) in [6, 6.07) is -0.743. The van der Waals surface area contributed by atoms with Crippen molar-refractivity contribution in [1.82, 2.24) is 10.2 Å². The summed E-state index contributed by atoms with van der Waals surface area (Å²) >= 11 is 0. The van der Waals surface area contributed by atoms with E-state index in [1.807, 2.05) is 25.7 Å². The Morgan fingerprint density at radius 1 is 1.37 bits per heavy atom. The zero-order valence-corrected chi connectivity index (χ0v) is 12.3. The second-order valence-electron chi connectivity index (χ2n) is 5.48. The van der Waals surface area contributed by atoms with Crippen molar-refractivity contribution in [3.63, 3.8) is 0 Å². The molecule has 5 nitrogen and oxygen atoms in total. The van der Waals surface area contributed by atoms with Gasteiger partial charge in [0, 0.05) is 12.6 Å². The number of likely N-dealkylation sites (tertiary alicyclic amines) is 1. The Morgan fingerprint density at radius 3 is 2.42 bits per heavy atom. The minimum atomic E-state index is -0.827. The van der Waals surface area contributed by atoms with Crippen molar-refractivity contribution in [2.45, 2.75) is 65.1 Å². The third kappa shape index (κ3) is 3.69. The number of carbonyl (C=O) groups excluding carboxylic acids is 1. The molecule has 0 radical (unpaired) electrons. The summed E-state index contributed by atoms with van der Waals surface area (Å²) in [6.07, 6.45) is 2.63. The Kier molecular flexibility index (Phi) is 5.79. The third-order valence-corrected chi connectivity index (χ3v) is 4.20. The molecule has 19 heavy (non-hydrogen) atoms. The number of nitrogens with one attached hydrogen (secondary N) is 1. The molecule has 1 fully saturated rings. The lowest BCUT2D eigenvalue weighted by molar-refractivity contribution is -0.145. The maximum atomic E-state index is 12.2. The highest BCUT2D eigenvalue weighted by Crippen LogP contribution is 2.26. The van der Waals surface area contributed by atoms with Crippen LogP contribution >= 0.6 is 0 Å². The van der Waals surface area contributed by atoms with E-state index in [0.29, 0.717) is 6.54 Å². The van der Waals surface area contributed by atoms with Crippen LogP contribution in [0.5, 0.6) is 0 Å². The van der Waals surface area contributed by atoms with E-state index >= 15 is 0 Å². The molecule has 1 saturated heterocycles. The van der Waals surface area contributed by atoms with Gasteiger partial charge in [-0.25, -0.2) is 0 Å². The quantitative estimate of drug-likeness (QED) is 0.767. The van der Waals surface area contributed by atoms with Crippen molar-refractivity contribution in [1.29, 1.82) is 0 Å². The van der Waals surface area contributed by atoms with Gasteiger partial charge >= 0.3 is 5.97 Å². The standard InChI is InChI=1S/C14H26N2O3/c1-5-11(6-2)15-13(17)10(4)16-8-7-9(3)12(16)14(18)19/h9-12H,5-8H2,1-4H3,(H,15,17)(H,18,19). The van der Waals surface area contributed by atoms with Crippen LogP contribution in [0.4, 0.5) is 0 Å². The maximum absolute atomic E-state index is 12.2. The van der Waals surface area contributed by atoms with Gasteiger partial charge in [0.25, 0.3) is 0 Å². The molecule has 1 amide bonds. The zero-order chi connectivity index (χ0) is 14.6. The first-order valence-electron chi connectivity index (χ1n) is 7.21. The average Bonchev–Trinajstić information content (AvgIpc) is 2.76. The second kappa shape index (κ2) is 6.89. The summed E-state index contributed by atoms with van der Waals surface area (Å²) in [5.41, 5.74) is 0. The van der Waals surface area contributed by atoms with Crippen LogP contribution in [0.15, 0.2) is 0 Å². The Labute approximate surface area is 115 Å². The molecule has 0 aromatic heterocycles. The van der Waals surface area contributed by atoms with E-state index in [-0.39, 0.29) is 23.9 Å². The van der Waals surface area contributed by atoms with Gasteiger partial charge in [0.05, 0.1) is 6.04 Å². The normalized spacial score (nSPS) is 25.5. The highest BCUT2D eigenvalue weighted by molar-refractivity contribution is 5.83. The van der Waals surface area contributed by atoms with Crippen molar-refractivity contribution in [2.75, 3.05) is 6.54 Å². The van der Waals surface area contributed by atoms with Gasteiger partial charge in [-0.1, -0.05) is 20.8 Å². The summed E-state index contributed by atoms with van der Waals surface area (Å²) in [4.78, 5) is 25.3. The van der Waals surface area contributed by atoms with Crippen LogP contribution in [0.2, 0.25) is 0 Å². The maximum Gasteiger partial charge on any atom is 0.321 e. The lowest BCUT2D eigenvalue weighted by Crippen LogP contribution is -2.52. The molecule has 0 bridgehead atoms. The number of rotatable bonds is 6. The number of amides is 1. The number of hydrogen-bond donors (Lipinski definition) is 2. The Morgan fingerprint density at radius 2 is 1.95 bits per heavy atom. The number of nitrogens with zero attached hydrogens (tertiary/aromatic N) is 1. The summed E-state index contributed by atoms with van der Waals surface area (Å²) in [5.74, 6) is -0.790. The van der Waals surface area contributed by atoms with Gasteiger partial charge < -0.3 is 10.4 Å². The van der Waals surface area contributed by atoms with Crippen molar-refractivity contribution < 1.29 is 14.7 Å². The van der Waals surface area contributed by atoms with Crippen LogP contribution in [-0.4, -0.2) is 46.6 Å². The summed E-state index contributed by atoms with van der Waals surface area (Å²) in [7, 11) is 0. The zero-order valence-electron chi connectivity index (χ0n) is 12.3. The van der Waals surface area contributed by atoms with E-state index in [0.717, 1.165) is 19.3 Å². The topological polar surface area (TPSA) is 69.6 Å². The average molecular weight is 270 g/mol. The van der Waals surface area contributed by atoms with Gasteiger partial charge in [-0.3, -0.25) is 14.5 Å². The fraction of sp³-hybridized carbons (Fsp3) is 0.857. The lowest BCUT2D eigenvalue weighted by atomic mass is 10.0. The molecular formula is C14H26N2O3. The van der Waals surface area contributed by atoms with E-state index in [9.17, 15) is 14.7 Å². The van der Waals surface area contributed by atoms with Gasteiger partial charge in [0.1, 0.15) is 6.04 Å². The predicted octanol–water partition coefficient (Wildman–Crippen LogP) is 1.47. The second-order valence-corrected chi connectivity index (χ2v) is 5.48. The SMILES string of the molecule is CCC(CC)NC(=O)C(C)N1CCC(C)C1C(=O)O. The predicted molar refractivity (Wildman–Crippen MR) is 73.9 cm³/mol. The van der Waals surface area contributed by atoms with E-state index in [4.69, 9.17) is 0 Å². The monoisotopic (exact) mass is 270 g/mol. The molecule has 110 valence electrons. The first-order chi connectivity index (χ1) is 8.92. The van der Waals surface area contributed by atoms with Crippen LogP contribution in [0.3, 0.4) is 0 Å². The number of hydrogen-bond acceptors (Lipinski definition) is 3. The summed E-state index contributed by atoms with van der Waals surface area (Å²) in [5, 5.41) is 12.3. The van der Waals surface area contributed by atoms with Gasteiger partial charge in [0.2, 0.25) is 5.91 Å². The van der Waals surface area contributed by atoms with Gasteiger partial charge in [-0.2, -0.15) is 0 Å². The molecular weight excluding hydrogens is 244 g/mol. The Bertz CT molecular complexity index is 329. The Hall–Kier alpha value is -1.10. The van der Waals surface area contributed by atoms with E-state index in [2.05, 4.69) is 5.32 Å². The minimum Gasteiger partial charge on any atom is -0.480 e. The molecule has 1 aliphatic rings. The molecule has 2 N–H and O–H groups in total. The first-order valence-corrected chi connectivity index (χ1v) is 7.21. The van der Waals surface area contributed by atoms with Crippen LogP contribution in [0, 0.1) is 5.92 Å². The molecule has 1 heterocycles. The van der Waals surface area contributed by atoms with Crippen LogP contribution < -0.4 is 5.32 Å². The fourth-order valence-corrected chi connectivity index (χ4v) is 2.76. The molecule has 0 aromatic rings. The first kappa shape index (κ1) is 16.0. The van der Waals surface area contributed by atoms with Crippen molar-refractivity contribution >= 4 is 11.9 Å². The van der Waals surface area contributed by atoms with Gasteiger partial charge in [-0.05, 0) is 32.1 Å². The van der Waals surface area contributed by atoms with E-state index < -0.39 is 12.0 Å². The van der Waals surface area contributed by atoms with Gasteiger partial charge in [0.15, 0.2) is 0 Å². The number of carboxylic acids is 1. The summed E-state index contributed by atoms with van der Waals surface area (Å²) in [6.45, 7) is 8.49. The van der Waals surface area contributed by atoms with Crippen molar-refractivity contribution in [3.05, 3.63) is 0 Å². The molecule has 0 spiro atoms. The van der Waals surface area contributed by atoms with Crippen LogP contribution in [0.1, 0.15) is 47.0 Å². The highest BCUT2D eigenvalue weighted by atomic mass is 16.4. The third-order valence-electron chi connectivity index (χ3n) is 4.20.